The van der Waals surface area contributed by atoms with Crippen molar-refractivity contribution >= 4 is 0 Å². The Balaban J connectivity index is 1.76. The molecule has 0 amide bonds. The Labute approximate surface area is 88.1 Å². The number of piperidine rings is 1. The summed E-state index contributed by atoms with van der Waals surface area (Å²) >= 11 is 0. The third kappa shape index (κ3) is 2.12. The highest BCUT2D eigenvalue weighted by molar-refractivity contribution is 4.95. The Kier molecular flexibility index (Phi) is 3.45. The van der Waals surface area contributed by atoms with Crippen molar-refractivity contribution in [2.24, 2.45) is 0 Å². The molecule has 2 nitrogen and oxygen atoms in total. The molecule has 2 aliphatic heterocycles. The van der Waals surface area contributed by atoms with Crippen LogP contribution in [0.15, 0.2) is 0 Å². The average Bonchev–Trinajstić information content (AvgIpc) is 2.41. The molecule has 0 spiro atoms. The normalized spacial score (nSPS) is 37.7. The van der Waals surface area contributed by atoms with Crippen LogP contribution in [-0.2, 0) is 0 Å². The summed E-state index contributed by atoms with van der Waals surface area (Å²) in [6.07, 6.45) is 8.29. The molecule has 0 unspecified atom stereocenters. The van der Waals surface area contributed by atoms with Gasteiger partial charge in [-0.2, -0.15) is 0 Å². The van der Waals surface area contributed by atoms with Gasteiger partial charge in [-0.05, 0) is 45.7 Å². The SMILES string of the molecule is CCCCNC1C[C@H]2CC[C@H](C1)N2C. The zero-order valence-corrected chi connectivity index (χ0v) is 9.63. The molecule has 2 heteroatoms. The van der Waals surface area contributed by atoms with Gasteiger partial charge in [0.25, 0.3) is 0 Å². The summed E-state index contributed by atoms with van der Waals surface area (Å²) < 4.78 is 0. The van der Waals surface area contributed by atoms with Crippen molar-refractivity contribution in [3.63, 3.8) is 0 Å². The topological polar surface area (TPSA) is 15.3 Å². The maximum atomic E-state index is 3.72. The zero-order chi connectivity index (χ0) is 9.97. The predicted octanol–water partition coefficient (Wildman–Crippen LogP) is 2.00. The van der Waals surface area contributed by atoms with Gasteiger partial charge in [-0.1, -0.05) is 13.3 Å². The predicted molar refractivity (Wildman–Crippen MR) is 60.5 cm³/mol. The summed E-state index contributed by atoms with van der Waals surface area (Å²) in [5.41, 5.74) is 0. The molecule has 1 N–H and O–H groups in total. The van der Waals surface area contributed by atoms with Gasteiger partial charge >= 0.3 is 0 Å². The van der Waals surface area contributed by atoms with Crippen molar-refractivity contribution in [1.29, 1.82) is 0 Å². The first-order chi connectivity index (χ1) is 6.81. The molecule has 0 aliphatic carbocycles. The van der Waals surface area contributed by atoms with Gasteiger partial charge in [0.05, 0.1) is 0 Å². The van der Waals surface area contributed by atoms with E-state index in [4.69, 9.17) is 0 Å². The maximum absolute atomic E-state index is 3.72. The number of nitrogens with zero attached hydrogens (tertiary/aromatic N) is 1. The van der Waals surface area contributed by atoms with E-state index in [2.05, 4.69) is 24.2 Å². The van der Waals surface area contributed by atoms with Gasteiger partial charge in [-0.15, -0.1) is 0 Å². The van der Waals surface area contributed by atoms with Gasteiger partial charge in [0.1, 0.15) is 0 Å². The summed E-state index contributed by atoms with van der Waals surface area (Å²) in [6.45, 7) is 3.49. The number of rotatable bonds is 4. The van der Waals surface area contributed by atoms with E-state index in [1.807, 2.05) is 0 Å². The largest absolute Gasteiger partial charge is 0.314 e. The van der Waals surface area contributed by atoms with Crippen LogP contribution < -0.4 is 5.32 Å². The molecule has 2 atom stereocenters. The van der Waals surface area contributed by atoms with Gasteiger partial charge in [-0.25, -0.2) is 0 Å². The van der Waals surface area contributed by atoms with Gasteiger partial charge in [-0.3, -0.25) is 0 Å². The van der Waals surface area contributed by atoms with E-state index in [0.29, 0.717) is 0 Å². The van der Waals surface area contributed by atoms with E-state index in [9.17, 15) is 0 Å². The molecule has 2 aliphatic rings. The monoisotopic (exact) mass is 196 g/mol. The molecule has 14 heavy (non-hydrogen) atoms. The third-order valence-electron chi connectivity index (χ3n) is 4.06. The van der Waals surface area contributed by atoms with Crippen molar-refractivity contribution in [2.75, 3.05) is 13.6 Å². The van der Waals surface area contributed by atoms with E-state index in [0.717, 1.165) is 18.1 Å². The van der Waals surface area contributed by atoms with Crippen molar-refractivity contribution in [3.05, 3.63) is 0 Å². The number of fused-ring (bicyclic) bond motifs is 2. The second kappa shape index (κ2) is 4.63. The fourth-order valence-corrected chi connectivity index (χ4v) is 3.06. The lowest BCUT2D eigenvalue weighted by Gasteiger charge is -2.36. The van der Waals surface area contributed by atoms with E-state index in [-0.39, 0.29) is 0 Å². The lowest BCUT2D eigenvalue weighted by atomic mass is 9.98. The van der Waals surface area contributed by atoms with Crippen LogP contribution in [-0.4, -0.2) is 36.6 Å². The Morgan fingerprint density at radius 1 is 1.21 bits per heavy atom. The Morgan fingerprint density at radius 3 is 2.43 bits per heavy atom. The van der Waals surface area contributed by atoms with Crippen LogP contribution in [0.2, 0.25) is 0 Å². The van der Waals surface area contributed by atoms with Crippen LogP contribution in [0.25, 0.3) is 0 Å². The second-order valence-corrected chi connectivity index (χ2v) is 5.03. The van der Waals surface area contributed by atoms with Crippen LogP contribution in [0, 0.1) is 0 Å². The fourth-order valence-electron chi connectivity index (χ4n) is 3.06. The molecule has 82 valence electrons. The van der Waals surface area contributed by atoms with Crippen LogP contribution in [0.3, 0.4) is 0 Å². The first kappa shape index (κ1) is 10.4. The molecule has 0 saturated carbocycles. The first-order valence-electron chi connectivity index (χ1n) is 6.26. The van der Waals surface area contributed by atoms with E-state index < -0.39 is 0 Å². The van der Waals surface area contributed by atoms with Gasteiger partial charge in [0, 0.05) is 18.1 Å². The number of hydrogen-bond donors (Lipinski definition) is 1. The van der Waals surface area contributed by atoms with Crippen molar-refractivity contribution < 1.29 is 0 Å². The molecule has 2 heterocycles. The summed E-state index contributed by atoms with van der Waals surface area (Å²) in [7, 11) is 2.31. The van der Waals surface area contributed by atoms with Gasteiger partial charge < -0.3 is 10.2 Å². The van der Waals surface area contributed by atoms with E-state index in [1.54, 1.807) is 0 Å². The molecule has 2 bridgehead atoms. The summed E-state index contributed by atoms with van der Waals surface area (Å²) in [5, 5.41) is 3.72. The fraction of sp³-hybridized carbons (Fsp3) is 1.00. The van der Waals surface area contributed by atoms with Crippen molar-refractivity contribution in [2.45, 2.75) is 63.6 Å². The molecule has 0 radical (unpaired) electrons. The van der Waals surface area contributed by atoms with Crippen molar-refractivity contribution in [3.8, 4) is 0 Å². The smallest absolute Gasteiger partial charge is 0.0111 e. The Hall–Kier alpha value is -0.0800. The molecule has 0 aromatic heterocycles. The minimum absolute atomic E-state index is 0.815. The highest BCUT2D eigenvalue weighted by Crippen LogP contribution is 2.34. The average molecular weight is 196 g/mol. The molecular formula is C12H24N2. The number of nitrogens with one attached hydrogen (secondary N) is 1. The summed E-state index contributed by atoms with van der Waals surface area (Å²) in [5.74, 6) is 0. The first-order valence-corrected chi connectivity index (χ1v) is 6.26. The standard InChI is InChI=1S/C12H24N2/c1-3-4-7-13-10-8-11-5-6-12(9-10)14(11)2/h10-13H,3-9H2,1-2H3/t11-,12-/m1/s1. The Bertz CT molecular complexity index is 167. The maximum Gasteiger partial charge on any atom is 0.0111 e. The second-order valence-electron chi connectivity index (χ2n) is 5.03. The Morgan fingerprint density at radius 2 is 1.86 bits per heavy atom. The van der Waals surface area contributed by atoms with Crippen LogP contribution in [0.4, 0.5) is 0 Å². The molecule has 2 saturated heterocycles. The zero-order valence-electron chi connectivity index (χ0n) is 9.63. The minimum Gasteiger partial charge on any atom is -0.314 e. The van der Waals surface area contributed by atoms with E-state index in [1.165, 1.54) is 45.1 Å². The van der Waals surface area contributed by atoms with Crippen molar-refractivity contribution in [1.82, 2.24) is 10.2 Å². The summed E-state index contributed by atoms with van der Waals surface area (Å²) in [6, 6.07) is 2.58. The van der Waals surface area contributed by atoms with Crippen LogP contribution >= 0.6 is 0 Å². The van der Waals surface area contributed by atoms with Crippen LogP contribution in [0.1, 0.15) is 45.4 Å². The quantitative estimate of drug-likeness (QED) is 0.692. The lowest BCUT2D eigenvalue weighted by molar-refractivity contribution is 0.149. The lowest BCUT2D eigenvalue weighted by Crippen LogP contribution is -2.47. The highest BCUT2D eigenvalue weighted by atomic mass is 15.2. The summed E-state index contributed by atoms with van der Waals surface area (Å²) in [4.78, 5) is 2.61. The number of unbranched alkanes of at least 4 members (excludes halogenated alkanes) is 1. The van der Waals surface area contributed by atoms with Gasteiger partial charge in [0.15, 0.2) is 0 Å². The highest BCUT2D eigenvalue weighted by Gasteiger charge is 2.37. The molecule has 0 aromatic carbocycles. The molecule has 2 fully saturated rings. The van der Waals surface area contributed by atoms with E-state index >= 15 is 0 Å². The molecular weight excluding hydrogens is 172 g/mol. The van der Waals surface area contributed by atoms with Crippen LogP contribution in [0.5, 0.6) is 0 Å². The minimum atomic E-state index is 0.815. The third-order valence-corrected chi connectivity index (χ3v) is 4.06. The number of hydrogen-bond acceptors (Lipinski definition) is 2. The molecule has 2 rings (SSSR count). The van der Waals surface area contributed by atoms with Gasteiger partial charge in [0.2, 0.25) is 0 Å². The molecule has 0 aromatic rings.